The molecule has 5 heteroatoms. The van der Waals surface area contributed by atoms with Crippen LogP contribution >= 0.6 is 11.6 Å². The second-order valence-corrected chi connectivity index (χ2v) is 6.69. The number of nitrogens with zero attached hydrogens (tertiary/aromatic N) is 2. The lowest BCUT2D eigenvalue weighted by atomic mass is 10.0. The number of hydrogen-bond donors (Lipinski definition) is 1. The monoisotopic (exact) mass is 327 g/mol. The van der Waals surface area contributed by atoms with Crippen molar-refractivity contribution in [2.45, 2.75) is 25.4 Å². The summed E-state index contributed by atoms with van der Waals surface area (Å²) in [6, 6.07) is 15.3. The van der Waals surface area contributed by atoms with Gasteiger partial charge in [-0.2, -0.15) is 0 Å². The van der Waals surface area contributed by atoms with Crippen LogP contribution in [0.1, 0.15) is 30.1 Å². The van der Waals surface area contributed by atoms with E-state index in [9.17, 15) is 4.79 Å². The van der Waals surface area contributed by atoms with E-state index in [1.54, 1.807) is 5.01 Å². The standard InChI is InChI=1S/C18H18ClN3O/c1-18-11-4-12-21(18)16-6-3-2-5-15(16)17(23)22(18)20-14-9-7-13(19)8-10-14/h2-3,5-10,20H,4,11-12H2,1H3. The molecular weight excluding hydrogens is 310 g/mol. The van der Waals surface area contributed by atoms with E-state index in [1.165, 1.54) is 0 Å². The SMILES string of the molecule is CC12CCCN1c1ccccc1C(=O)N2Nc1ccc(Cl)cc1. The van der Waals surface area contributed by atoms with Crippen LogP contribution in [-0.2, 0) is 0 Å². The molecule has 1 atom stereocenters. The van der Waals surface area contributed by atoms with E-state index >= 15 is 0 Å². The number of benzene rings is 2. The van der Waals surface area contributed by atoms with Crippen LogP contribution < -0.4 is 10.3 Å². The molecule has 2 aliphatic heterocycles. The number of hydrogen-bond acceptors (Lipinski definition) is 3. The quantitative estimate of drug-likeness (QED) is 0.900. The molecule has 2 aromatic carbocycles. The highest BCUT2D eigenvalue weighted by molar-refractivity contribution is 6.30. The van der Waals surface area contributed by atoms with Gasteiger partial charge in [0.25, 0.3) is 5.91 Å². The van der Waals surface area contributed by atoms with Crippen molar-refractivity contribution in [1.29, 1.82) is 0 Å². The molecule has 0 aliphatic carbocycles. The topological polar surface area (TPSA) is 35.6 Å². The Morgan fingerprint density at radius 2 is 1.87 bits per heavy atom. The Hall–Kier alpha value is -2.20. The van der Waals surface area contributed by atoms with Crippen molar-refractivity contribution in [1.82, 2.24) is 5.01 Å². The number of hydrazine groups is 1. The summed E-state index contributed by atoms with van der Waals surface area (Å²) < 4.78 is 0. The molecule has 23 heavy (non-hydrogen) atoms. The number of carbonyl (C=O) groups excluding carboxylic acids is 1. The molecule has 0 aromatic heterocycles. The van der Waals surface area contributed by atoms with Crippen molar-refractivity contribution < 1.29 is 4.79 Å². The van der Waals surface area contributed by atoms with Gasteiger partial charge in [0.2, 0.25) is 0 Å². The van der Waals surface area contributed by atoms with Gasteiger partial charge in [0.15, 0.2) is 0 Å². The lowest BCUT2D eigenvalue weighted by Gasteiger charge is -2.49. The number of halogens is 1. The molecule has 2 heterocycles. The Morgan fingerprint density at radius 3 is 2.65 bits per heavy atom. The summed E-state index contributed by atoms with van der Waals surface area (Å²) in [4.78, 5) is 15.4. The zero-order valence-electron chi connectivity index (χ0n) is 12.9. The van der Waals surface area contributed by atoms with Gasteiger partial charge in [-0.3, -0.25) is 10.2 Å². The van der Waals surface area contributed by atoms with Gasteiger partial charge in [-0.15, -0.1) is 0 Å². The molecule has 0 spiro atoms. The van der Waals surface area contributed by atoms with Gasteiger partial charge in [0, 0.05) is 11.6 Å². The normalized spacial score (nSPS) is 22.8. The number of fused-ring (bicyclic) bond motifs is 3. The van der Waals surface area contributed by atoms with E-state index in [4.69, 9.17) is 11.6 Å². The molecule has 1 saturated heterocycles. The molecule has 1 fully saturated rings. The Kier molecular flexibility index (Phi) is 3.23. The second-order valence-electron chi connectivity index (χ2n) is 6.25. The van der Waals surface area contributed by atoms with Crippen LogP contribution in [0.5, 0.6) is 0 Å². The fourth-order valence-corrected chi connectivity index (χ4v) is 3.74. The third-order valence-corrected chi connectivity index (χ3v) is 5.06. The van der Waals surface area contributed by atoms with Gasteiger partial charge < -0.3 is 4.90 Å². The summed E-state index contributed by atoms with van der Waals surface area (Å²) >= 11 is 5.95. The highest BCUT2D eigenvalue weighted by Gasteiger charge is 2.49. The van der Waals surface area contributed by atoms with Crippen molar-refractivity contribution in [2.24, 2.45) is 0 Å². The van der Waals surface area contributed by atoms with Crippen LogP contribution in [0.4, 0.5) is 11.4 Å². The molecule has 0 saturated carbocycles. The van der Waals surface area contributed by atoms with Crippen LogP contribution in [0.2, 0.25) is 5.02 Å². The fourth-order valence-electron chi connectivity index (χ4n) is 3.61. The minimum atomic E-state index is -0.356. The minimum Gasteiger partial charge on any atom is -0.347 e. The van der Waals surface area contributed by atoms with Crippen LogP contribution in [0.3, 0.4) is 0 Å². The smallest absolute Gasteiger partial charge is 0.276 e. The summed E-state index contributed by atoms with van der Waals surface area (Å²) in [5, 5.41) is 2.45. The van der Waals surface area contributed by atoms with Crippen molar-refractivity contribution in [2.75, 3.05) is 16.9 Å². The fraction of sp³-hybridized carbons (Fsp3) is 0.278. The molecule has 0 radical (unpaired) electrons. The predicted molar refractivity (Wildman–Crippen MR) is 92.7 cm³/mol. The highest BCUT2D eigenvalue weighted by atomic mass is 35.5. The highest BCUT2D eigenvalue weighted by Crippen LogP contribution is 2.43. The summed E-state index contributed by atoms with van der Waals surface area (Å²) in [5.74, 6) is 0.0104. The maximum absolute atomic E-state index is 13.0. The summed E-state index contributed by atoms with van der Waals surface area (Å²) in [6.07, 6.45) is 2.00. The molecule has 1 N–H and O–H groups in total. The van der Waals surface area contributed by atoms with Crippen molar-refractivity contribution in [3.05, 3.63) is 59.1 Å². The van der Waals surface area contributed by atoms with Gasteiger partial charge in [-0.1, -0.05) is 23.7 Å². The number of amides is 1. The lowest BCUT2D eigenvalue weighted by molar-refractivity contribution is 0.0580. The van der Waals surface area contributed by atoms with E-state index in [1.807, 2.05) is 48.5 Å². The van der Waals surface area contributed by atoms with Gasteiger partial charge >= 0.3 is 0 Å². The molecule has 2 aromatic rings. The van der Waals surface area contributed by atoms with Crippen LogP contribution in [0, 0.1) is 0 Å². The van der Waals surface area contributed by atoms with Crippen molar-refractivity contribution in [3.8, 4) is 0 Å². The van der Waals surface area contributed by atoms with Gasteiger partial charge in [-0.25, -0.2) is 5.01 Å². The van der Waals surface area contributed by atoms with Gasteiger partial charge in [0.1, 0.15) is 5.66 Å². The summed E-state index contributed by atoms with van der Waals surface area (Å²) in [6.45, 7) is 3.08. The molecule has 4 rings (SSSR count). The zero-order chi connectivity index (χ0) is 16.0. The van der Waals surface area contributed by atoms with Crippen LogP contribution in [-0.4, -0.2) is 23.1 Å². The van der Waals surface area contributed by atoms with Crippen molar-refractivity contribution >= 4 is 28.9 Å². The Labute approximate surface area is 140 Å². The van der Waals surface area contributed by atoms with Crippen molar-refractivity contribution in [3.63, 3.8) is 0 Å². The first-order valence-corrected chi connectivity index (χ1v) is 8.21. The largest absolute Gasteiger partial charge is 0.347 e. The average Bonchev–Trinajstić information content (AvgIpc) is 2.96. The number of anilines is 2. The Morgan fingerprint density at radius 1 is 1.13 bits per heavy atom. The lowest BCUT2D eigenvalue weighted by Crippen LogP contribution is -2.63. The number of nitrogens with one attached hydrogen (secondary N) is 1. The summed E-state index contributed by atoms with van der Waals surface area (Å²) in [5.41, 5.74) is 5.57. The number of rotatable bonds is 2. The van der Waals surface area contributed by atoms with Gasteiger partial charge in [0.05, 0.1) is 16.9 Å². The second kappa shape index (κ2) is 5.17. The van der Waals surface area contributed by atoms with E-state index in [0.29, 0.717) is 5.02 Å². The third kappa shape index (κ3) is 2.17. The number of para-hydroxylation sites is 1. The maximum Gasteiger partial charge on any atom is 0.276 e. The first-order valence-electron chi connectivity index (χ1n) is 7.83. The maximum atomic E-state index is 13.0. The molecular formula is C18H18ClN3O. The Balaban J connectivity index is 1.76. The average molecular weight is 328 g/mol. The molecule has 1 amide bonds. The van der Waals surface area contributed by atoms with E-state index in [-0.39, 0.29) is 11.6 Å². The predicted octanol–water partition coefficient (Wildman–Crippen LogP) is 4.14. The van der Waals surface area contributed by atoms with Crippen LogP contribution in [0.25, 0.3) is 0 Å². The number of carbonyl (C=O) groups is 1. The van der Waals surface area contributed by atoms with E-state index < -0.39 is 0 Å². The third-order valence-electron chi connectivity index (χ3n) is 4.81. The van der Waals surface area contributed by atoms with E-state index in [2.05, 4.69) is 17.2 Å². The van der Waals surface area contributed by atoms with Gasteiger partial charge in [-0.05, 0) is 56.2 Å². The molecule has 4 nitrogen and oxygen atoms in total. The molecule has 0 bridgehead atoms. The molecule has 2 aliphatic rings. The zero-order valence-corrected chi connectivity index (χ0v) is 13.7. The first-order chi connectivity index (χ1) is 11.1. The minimum absolute atomic E-state index is 0.0104. The van der Waals surface area contributed by atoms with Crippen LogP contribution in [0.15, 0.2) is 48.5 Å². The van der Waals surface area contributed by atoms with E-state index in [0.717, 1.165) is 36.3 Å². The Bertz CT molecular complexity index is 761. The first kappa shape index (κ1) is 14.4. The molecule has 118 valence electrons. The summed E-state index contributed by atoms with van der Waals surface area (Å²) in [7, 11) is 0. The molecule has 1 unspecified atom stereocenters.